The van der Waals surface area contributed by atoms with Crippen molar-refractivity contribution in [3.05, 3.63) is 36.2 Å². The molecule has 1 fully saturated rings. The van der Waals surface area contributed by atoms with Crippen molar-refractivity contribution in [1.29, 1.82) is 0 Å². The Morgan fingerprint density at radius 3 is 2.79 bits per heavy atom. The Hall–Kier alpha value is -2.62. The molecule has 0 bridgehead atoms. The van der Waals surface area contributed by atoms with Gasteiger partial charge in [-0.3, -0.25) is 9.79 Å². The Morgan fingerprint density at radius 2 is 2.11 bits per heavy atom. The van der Waals surface area contributed by atoms with Gasteiger partial charge in [0.2, 0.25) is 0 Å². The van der Waals surface area contributed by atoms with Gasteiger partial charge in [0.15, 0.2) is 0 Å². The first-order chi connectivity index (χ1) is 13.3. The molecule has 1 aromatic heterocycles. The summed E-state index contributed by atoms with van der Waals surface area (Å²) in [5.41, 5.74) is 6.71. The van der Waals surface area contributed by atoms with Crippen molar-refractivity contribution in [3.8, 4) is 0 Å². The highest BCUT2D eigenvalue weighted by Crippen LogP contribution is 2.28. The summed E-state index contributed by atoms with van der Waals surface area (Å²) in [7, 11) is 0. The number of amides is 1. The first kappa shape index (κ1) is 20.1. The van der Waals surface area contributed by atoms with Crippen LogP contribution in [0.4, 0.5) is 19.0 Å². The Labute approximate surface area is 160 Å². The van der Waals surface area contributed by atoms with Crippen LogP contribution in [0.1, 0.15) is 42.1 Å². The monoisotopic (exact) mass is 397 g/mol. The van der Waals surface area contributed by atoms with Gasteiger partial charge in [-0.1, -0.05) is 12.7 Å². The number of dihydropyridines is 1. The fraction of sp³-hybridized carbons (Fsp3) is 0.500. The Morgan fingerprint density at radius 1 is 1.39 bits per heavy atom. The molecule has 2 aliphatic heterocycles. The van der Waals surface area contributed by atoms with Crippen molar-refractivity contribution in [2.45, 2.75) is 43.9 Å². The van der Waals surface area contributed by atoms with E-state index in [1.54, 1.807) is 4.68 Å². The van der Waals surface area contributed by atoms with E-state index in [2.05, 4.69) is 22.0 Å². The van der Waals surface area contributed by atoms with E-state index in [1.807, 2.05) is 0 Å². The third-order valence-corrected chi connectivity index (χ3v) is 4.67. The highest BCUT2D eigenvalue weighted by molar-refractivity contribution is 6.01. The van der Waals surface area contributed by atoms with Crippen LogP contribution in [0.5, 0.6) is 0 Å². The maximum Gasteiger partial charge on any atom is 0.411 e. The summed E-state index contributed by atoms with van der Waals surface area (Å²) in [6.07, 6.45) is 1.25. The van der Waals surface area contributed by atoms with Gasteiger partial charge in [0.05, 0.1) is 12.2 Å². The molecule has 10 heteroatoms. The van der Waals surface area contributed by atoms with Gasteiger partial charge in [-0.05, 0) is 25.3 Å². The summed E-state index contributed by atoms with van der Waals surface area (Å²) >= 11 is 0. The minimum Gasteiger partial charge on any atom is -0.383 e. The van der Waals surface area contributed by atoms with Crippen molar-refractivity contribution in [1.82, 2.24) is 15.1 Å². The van der Waals surface area contributed by atoms with Crippen LogP contribution >= 0.6 is 0 Å². The number of carbonyl (C=O) groups is 1. The quantitative estimate of drug-likeness (QED) is 0.799. The standard InChI is InChI=1S/C18H22F3N5O2/c1-11(9-12-3-2-4-15(25-12)18(19,20)21)24-17(27)14-10-23-26(16(14)22)13-5-7-28-8-6-13/h2-3,10,13,15H,1,4-9,22H2,(H,24,27). The van der Waals surface area contributed by atoms with Crippen LogP contribution in [0.2, 0.25) is 0 Å². The van der Waals surface area contributed by atoms with Gasteiger partial charge in [-0.25, -0.2) is 4.68 Å². The molecule has 3 N–H and O–H groups in total. The summed E-state index contributed by atoms with van der Waals surface area (Å²) < 4.78 is 45.4. The first-order valence-corrected chi connectivity index (χ1v) is 8.95. The third kappa shape index (κ3) is 4.61. The molecule has 1 unspecified atom stereocenters. The van der Waals surface area contributed by atoms with E-state index in [0.717, 1.165) is 12.8 Å². The number of alkyl halides is 3. The Balaban J connectivity index is 1.62. The molecule has 28 heavy (non-hydrogen) atoms. The van der Waals surface area contributed by atoms with Crippen molar-refractivity contribution >= 4 is 17.4 Å². The number of carbonyl (C=O) groups excluding carboxylic acids is 1. The van der Waals surface area contributed by atoms with Crippen LogP contribution < -0.4 is 11.1 Å². The minimum atomic E-state index is -4.40. The Kier molecular flexibility index (Phi) is 5.87. The van der Waals surface area contributed by atoms with E-state index in [1.165, 1.54) is 18.3 Å². The zero-order valence-corrected chi connectivity index (χ0v) is 15.2. The number of nitrogens with one attached hydrogen (secondary N) is 1. The summed E-state index contributed by atoms with van der Waals surface area (Å²) in [6.45, 7) is 4.93. The predicted octanol–water partition coefficient (Wildman–Crippen LogP) is 2.78. The summed E-state index contributed by atoms with van der Waals surface area (Å²) in [4.78, 5) is 16.2. The molecule has 2 aliphatic rings. The average molecular weight is 397 g/mol. The fourth-order valence-corrected chi connectivity index (χ4v) is 3.20. The van der Waals surface area contributed by atoms with Crippen LogP contribution in [-0.2, 0) is 4.74 Å². The Bertz CT molecular complexity index is 807. The molecule has 0 aromatic carbocycles. The lowest BCUT2D eigenvalue weighted by Gasteiger charge is -2.23. The van der Waals surface area contributed by atoms with E-state index < -0.39 is 18.1 Å². The number of rotatable bonds is 5. The van der Waals surface area contributed by atoms with Crippen molar-refractivity contribution in [2.24, 2.45) is 4.99 Å². The van der Waals surface area contributed by atoms with Crippen molar-refractivity contribution < 1.29 is 22.7 Å². The molecular formula is C18H22F3N5O2. The van der Waals surface area contributed by atoms with E-state index in [9.17, 15) is 18.0 Å². The number of allylic oxidation sites excluding steroid dienone is 2. The van der Waals surface area contributed by atoms with Gasteiger partial charge in [0.25, 0.3) is 5.91 Å². The molecule has 1 atom stereocenters. The van der Waals surface area contributed by atoms with Crippen LogP contribution in [0.15, 0.2) is 35.6 Å². The molecule has 3 rings (SSSR count). The molecular weight excluding hydrogens is 375 g/mol. The second-order valence-corrected chi connectivity index (χ2v) is 6.78. The van der Waals surface area contributed by atoms with Gasteiger partial charge in [0.1, 0.15) is 17.4 Å². The van der Waals surface area contributed by atoms with Gasteiger partial charge in [-0.2, -0.15) is 18.3 Å². The van der Waals surface area contributed by atoms with E-state index in [0.29, 0.717) is 13.2 Å². The van der Waals surface area contributed by atoms with E-state index in [-0.39, 0.29) is 41.7 Å². The highest BCUT2D eigenvalue weighted by Gasteiger charge is 2.39. The highest BCUT2D eigenvalue weighted by atomic mass is 19.4. The zero-order chi connectivity index (χ0) is 20.3. The molecule has 0 spiro atoms. The average Bonchev–Trinajstić information content (AvgIpc) is 3.03. The maximum atomic E-state index is 12.8. The minimum absolute atomic E-state index is 0.00280. The molecule has 0 saturated carbocycles. The number of halogens is 3. The number of nitrogens with two attached hydrogens (primary N) is 1. The summed E-state index contributed by atoms with van der Waals surface area (Å²) in [6, 6.07) is -1.69. The summed E-state index contributed by atoms with van der Waals surface area (Å²) in [5, 5.41) is 6.77. The fourth-order valence-electron chi connectivity index (χ4n) is 3.20. The van der Waals surface area contributed by atoms with Gasteiger partial charge in [0, 0.05) is 31.0 Å². The maximum absolute atomic E-state index is 12.8. The number of aliphatic imine (C=N–C) groups is 1. The molecule has 7 nitrogen and oxygen atoms in total. The van der Waals surface area contributed by atoms with Crippen molar-refractivity contribution in [3.63, 3.8) is 0 Å². The second-order valence-electron chi connectivity index (χ2n) is 6.78. The molecule has 1 amide bonds. The molecule has 1 aromatic rings. The van der Waals surface area contributed by atoms with Gasteiger partial charge < -0.3 is 15.8 Å². The van der Waals surface area contributed by atoms with Crippen LogP contribution in [0.25, 0.3) is 0 Å². The second kappa shape index (κ2) is 8.17. The number of nitrogens with zero attached hydrogens (tertiary/aromatic N) is 3. The lowest BCUT2D eigenvalue weighted by molar-refractivity contribution is -0.146. The normalized spacial score (nSPS) is 20.7. The number of anilines is 1. The smallest absolute Gasteiger partial charge is 0.383 e. The number of hydrogen-bond donors (Lipinski definition) is 2. The largest absolute Gasteiger partial charge is 0.411 e. The van der Waals surface area contributed by atoms with Crippen molar-refractivity contribution in [2.75, 3.05) is 18.9 Å². The number of ether oxygens (including phenoxy) is 1. The third-order valence-electron chi connectivity index (χ3n) is 4.67. The molecule has 0 radical (unpaired) electrons. The van der Waals surface area contributed by atoms with Crippen LogP contribution in [0.3, 0.4) is 0 Å². The first-order valence-electron chi connectivity index (χ1n) is 8.95. The SMILES string of the molecule is C=C(CC1=NC(C(F)(F)F)CC=C1)NC(=O)c1cnn(C2CCOCC2)c1N. The lowest BCUT2D eigenvalue weighted by Crippen LogP contribution is -2.30. The van der Waals surface area contributed by atoms with Crippen LogP contribution in [0, 0.1) is 0 Å². The molecule has 0 aliphatic carbocycles. The van der Waals surface area contributed by atoms with Crippen LogP contribution in [-0.4, -0.2) is 46.8 Å². The topological polar surface area (TPSA) is 94.5 Å². The zero-order valence-electron chi connectivity index (χ0n) is 15.2. The molecule has 1 saturated heterocycles. The van der Waals surface area contributed by atoms with E-state index in [4.69, 9.17) is 10.5 Å². The number of aromatic nitrogens is 2. The molecule has 152 valence electrons. The van der Waals surface area contributed by atoms with E-state index >= 15 is 0 Å². The summed E-state index contributed by atoms with van der Waals surface area (Å²) in [5.74, 6) is -0.266. The predicted molar refractivity (Wildman–Crippen MR) is 98.0 cm³/mol. The van der Waals surface area contributed by atoms with Gasteiger partial charge in [-0.15, -0.1) is 0 Å². The molecule has 3 heterocycles. The lowest BCUT2D eigenvalue weighted by atomic mass is 10.1. The number of nitrogen functional groups attached to an aromatic ring is 1. The number of hydrogen-bond acceptors (Lipinski definition) is 5. The van der Waals surface area contributed by atoms with Gasteiger partial charge >= 0.3 is 6.18 Å².